The van der Waals surface area contributed by atoms with Crippen LogP contribution in [0.25, 0.3) is 0 Å². The Morgan fingerprint density at radius 1 is 1.05 bits per heavy atom. The van der Waals surface area contributed by atoms with Gasteiger partial charge in [0.05, 0.1) is 11.9 Å². The first kappa shape index (κ1) is 13.5. The number of nitrogens with zero attached hydrogens (tertiary/aromatic N) is 1. The maximum atomic E-state index is 5.89. The predicted octanol–water partition coefficient (Wildman–Crippen LogP) is 4.05. The second kappa shape index (κ2) is 6.28. The van der Waals surface area contributed by atoms with Crippen molar-refractivity contribution in [3.63, 3.8) is 0 Å². The Labute approximate surface area is 127 Å². The number of hydrogen-bond acceptors (Lipinski definition) is 5. The summed E-state index contributed by atoms with van der Waals surface area (Å²) in [4.78, 5) is 4.20. The van der Waals surface area contributed by atoms with E-state index in [-0.39, 0.29) is 0 Å². The van der Waals surface area contributed by atoms with E-state index >= 15 is 0 Å². The zero-order valence-electron chi connectivity index (χ0n) is 11.3. The molecular weight excluding hydrogens is 282 g/mol. The highest BCUT2D eigenvalue weighted by atomic mass is 32.1. The summed E-state index contributed by atoms with van der Waals surface area (Å²) >= 11 is 1.41. The Kier molecular flexibility index (Phi) is 4.02. The second-order valence-electron chi connectivity index (χ2n) is 4.46. The Morgan fingerprint density at radius 3 is 2.57 bits per heavy atom. The van der Waals surface area contributed by atoms with Crippen LogP contribution in [0.4, 0.5) is 15.8 Å². The van der Waals surface area contributed by atoms with Gasteiger partial charge < -0.3 is 15.8 Å². The SMILES string of the molecule is Nc1cnc(Nc2ccccc2OCc2ccccc2)s1. The fourth-order valence-corrected chi connectivity index (χ4v) is 2.49. The van der Waals surface area contributed by atoms with Crippen LogP contribution in [0.3, 0.4) is 0 Å². The number of hydrogen-bond donors (Lipinski definition) is 2. The summed E-state index contributed by atoms with van der Waals surface area (Å²) in [6.07, 6.45) is 1.64. The monoisotopic (exact) mass is 297 g/mol. The van der Waals surface area contributed by atoms with Gasteiger partial charge in [-0.05, 0) is 17.7 Å². The van der Waals surface area contributed by atoms with Gasteiger partial charge in [0.25, 0.3) is 0 Å². The van der Waals surface area contributed by atoms with Gasteiger partial charge in [0.1, 0.15) is 17.4 Å². The second-order valence-corrected chi connectivity index (χ2v) is 5.53. The quantitative estimate of drug-likeness (QED) is 0.746. The van der Waals surface area contributed by atoms with E-state index in [4.69, 9.17) is 10.5 Å². The van der Waals surface area contributed by atoms with E-state index in [1.807, 2.05) is 54.6 Å². The third kappa shape index (κ3) is 3.52. The van der Waals surface area contributed by atoms with E-state index in [0.717, 1.165) is 22.1 Å². The van der Waals surface area contributed by atoms with Gasteiger partial charge in [0.15, 0.2) is 5.13 Å². The van der Waals surface area contributed by atoms with Crippen molar-refractivity contribution in [3.05, 3.63) is 66.4 Å². The summed E-state index contributed by atoms with van der Waals surface area (Å²) < 4.78 is 5.89. The molecule has 0 spiro atoms. The number of nitrogens with two attached hydrogens (primary N) is 1. The lowest BCUT2D eigenvalue weighted by atomic mass is 10.2. The normalized spacial score (nSPS) is 10.3. The van der Waals surface area contributed by atoms with Crippen LogP contribution in [-0.4, -0.2) is 4.98 Å². The van der Waals surface area contributed by atoms with Crippen molar-refractivity contribution in [2.75, 3.05) is 11.1 Å². The first-order chi connectivity index (χ1) is 10.3. The van der Waals surface area contributed by atoms with Crippen LogP contribution < -0.4 is 15.8 Å². The first-order valence-electron chi connectivity index (χ1n) is 6.55. The molecule has 0 saturated heterocycles. The van der Waals surface area contributed by atoms with Crippen molar-refractivity contribution in [1.82, 2.24) is 4.98 Å². The van der Waals surface area contributed by atoms with Gasteiger partial charge in [-0.25, -0.2) is 4.98 Å². The standard InChI is InChI=1S/C16H15N3OS/c17-15-10-18-16(21-15)19-13-8-4-5-9-14(13)20-11-12-6-2-1-3-7-12/h1-10H,11,17H2,(H,18,19). The van der Waals surface area contributed by atoms with Crippen LogP contribution in [0.15, 0.2) is 60.8 Å². The molecule has 3 rings (SSSR count). The molecule has 0 bridgehead atoms. The molecule has 0 saturated carbocycles. The third-order valence-electron chi connectivity index (χ3n) is 2.89. The molecular formula is C16H15N3OS. The summed E-state index contributed by atoms with van der Waals surface area (Å²) in [5, 5.41) is 4.67. The van der Waals surface area contributed by atoms with Gasteiger partial charge in [-0.1, -0.05) is 53.8 Å². The smallest absolute Gasteiger partial charge is 0.189 e. The highest BCUT2D eigenvalue weighted by Crippen LogP contribution is 2.30. The summed E-state index contributed by atoms with van der Waals surface area (Å²) in [5.74, 6) is 0.787. The number of anilines is 3. The molecule has 21 heavy (non-hydrogen) atoms. The van der Waals surface area contributed by atoms with Crippen molar-refractivity contribution in [2.24, 2.45) is 0 Å². The lowest BCUT2D eigenvalue weighted by molar-refractivity contribution is 0.308. The fraction of sp³-hybridized carbons (Fsp3) is 0.0625. The largest absolute Gasteiger partial charge is 0.487 e. The van der Waals surface area contributed by atoms with Gasteiger partial charge in [-0.2, -0.15) is 0 Å². The Morgan fingerprint density at radius 2 is 1.81 bits per heavy atom. The van der Waals surface area contributed by atoms with Gasteiger partial charge >= 0.3 is 0 Å². The lowest BCUT2D eigenvalue weighted by Crippen LogP contribution is -1.98. The summed E-state index contributed by atoms with van der Waals surface area (Å²) in [7, 11) is 0. The first-order valence-corrected chi connectivity index (χ1v) is 7.37. The van der Waals surface area contributed by atoms with Gasteiger partial charge in [-0.15, -0.1) is 0 Å². The molecule has 2 aromatic carbocycles. The number of benzene rings is 2. The zero-order chi connectivity index (χ0) is 14.5. The Hall–Kier alpha value is -2.53. The molecule has 0 atom stereocenters. The van der Waals surface area contributed by atoms with Gasteiger partial charge in [0.2, 0.25) is 0 Å². The van der Waals surface area contributed by atoms with E-state index in [1.165, 1.54) is 11.3 Å². The van der Waals surface area contributed by atoms with Gasteiger partial charge in [0, 0.05) is 0 Å². The van der Waals surface area contributed by atoms with Crippen LogP contribution in [0.1, 0.15) is 5.56 Å². The third-order valence-corrected chi connectivity index (χ3v) is 3.63. The summed E-state index contributed by atoms with van der Waals surface area (Å²) in [6, 6.07) is 17.9. The van der Waals surface area contributed by atoms with Crippen molar-refractivity contribution in [2.45, 2.75) is 6.61 Å². The minimum Gasteiger partial charge on any atom is -0.487 e. The Balaban J connectivity index is 1.73. The minimum atomic E-state index is 0.527. The maximum Gasteiger partial charge on any atom is 0.189 e. The molecule has 0 fully saturated rings. The maximum absolute atomic E-state index is 5.89. The molecule has 3 aromatic rings. The molecule has 0 amide bonds. The Bertz CT molecular complexity index is 712. The van der Waals surface area contributed by atoms with E-state index in [0.29, 0.717) is 11.6 Å². The molecule has 0 aliphatic heterocycles. The van der Waals surface area contributed by atoms with E-state index in [9.17, 15) is 0 Å². The fourth-order valence-electron chi connectivity index (χ4n) is 1.89. The molecule has 0 aliphatic rings. The average Bonchev–Trinajstić information content (AvgIpc) is 2.93. The highest BCUT2D eigenvalue weighted by molar-refractivity contribution is 7.19. The molecule has 1 aromatic heterocycles. The van der Waals surface area contributed by atoms with Crippen molar-refractivity contribution in [1.29, 1.82) is 0 Å². The molecule has 3 N–H and O–H groups in total. The van der Waals surface area contributed by atoms with Gasteiger partial charge in [-0.3, -0.25) is 0 Å². The van der Waals surface area contributed by atoms with E-state index < -0.39 is 0 Å². The lowest BCUT2D eigenvalue weighted by Gasteiger charge is -2.11. The molecule has 0 radical (unpaired) electrons. The highest BCUT2D eigenvalue weighted by Gasteiger charge is 2.06. The van der Waals surface area contributed by atoms with Crippen LogP contribution in [-0.2, 0) is 6.61 Å². The molecule has 5 heteroatoms. The average molecular weight is 297 g/mol. The number of rotatable bonds is 5. The molecule has 1 heterocycles. The summed E-state index contributed by atoms with van der Waals surface area (Å²) in [5.41, 5.74) is 7.70. The zero-order valence-corrected chi connectivity index (χ0v) is 12.1. The molecule has 4 nitrogen and oxygen atoms in total. The number of nitrogens with one attached hydrogen (secondary N) is 1. The van der Waals surface area contributed by atoms with Crippen LogP contribution in [0.2, 0.25) is 0 Å². The molecule has 106 valence electrons. The number of thiazole rings is 1. The molecule has 0 unspecified atom stereocenters. The van der Waals surface area contributed by atoms with Crippen LogP contribution >= 0.6 is 11.3 Å². The number of para-hydroxylation sites is 2. The van der Waals surface area contributed by atoms with Crippen LogP contribution in [0, 0.1) is 0 Å². The number of ether oxygens (including phenoxy) is 1. The van der Waals surface area contributed by atoms with E-state index in [2.05, 4.69) is 10.3 Å². The van der Waals surface area contributed by atoms with E-state index in [1.54, 1.807) is 6.20 Å². The number of nitrogen functional groups attached to an aromatic ring is 1. The van der Waals surface area contributed by atoms with Crippen molar-refractivity contribution < 1.29 is 4.74 Å². The topological polar surface area (TPSA) is 60.2 Å². The van der Waals surface area contributed by atoms with Crippen molar-refractivity contribution in [3.8, 4) is 5.75 Å². The minimum absolute atomic E-state index is 0.527. The van der Waals surface area contributed by atoms with Crippen molar-refractivity contribution >= 4 is 27.2 Å². The van der Waals surface area contributed by atoms with Crippen LogP contribution in [0.5, 0.6) is 5.75 Å². The molecule has 0 aliphatic carbocycles. The predicted molar refractivity (Wildman–Crippen MR) is 87.0 cm³/mol. The summed E-state index contributed by atoms with van der Waals surface area (Å²) in [6.45, 7) is 0.527. The number of aromatic nitrogens is 1.